The van der Waals surface area contributed by atoms with Gasteiger partial charge in [0.25, 0.3) is 5.91 Å². The fourth-order valence-electron chi connectivity index (χ4n) is 3.68. The zero-order chi connectivity index (χ0) is 17.8. The first-order valence-corrected chi connectivity index (χ1v) is 9.23. The van der Waals surface area contributed by atoms with Crippen LogP contribution in [0, 0.1) is 0 Å². The summed E-state index contributed by atoms with van der Waals surface area (Å²) in [6.07, 6.45) is 13.3. The Balaban J connectivity index is 1.52. The number of benzene rings is 1. The number of likely N-dealkylation sites (tertiary alicyclic amines) is 1. The molecule has 1 aromatic carbocycles. The molecule has 1 amide bonds. The van der Waals surface area contributed by atoms with Gasteiger partial charge in [-0.25, -0.2) is 0 Å². The molecular formula is C21H23N3O2. The standard InChI is InChI=1S/C21H23N3O2/c25-21(18-10-15-26-20-8-2-1-6-17(20)16-18)24-13-4-3-7-19(24)9-14-23-12-5-11-22-23/h1-2,5-6,8,10-12,15-16,19H,3-4,7,9,13-14H2/t19-/m0/s1. The lowest BCUT2D eigenvalue weighted by molar-refractivity contribution is -0.130. The van der Waals surface area contributed by atoms with E-state index in [1.165, 1.54) is 6.42 Å². The zero-order valence-corrected chi connectivity index (χ0v) is 14.8. The smallest absolute Gasteiger partial charge is 0.254 e. The van der Waals surface area contributed by atoms with Crippen LogP contribution in [0.5, 0.6) is 5.75 Å². The van der Waals surface area contributed by atoms with Crippen LogP contribution in [0.15, 0.2) is 60.6 Å². The minimum absolute atomic E-state index is 0.0896. The predicted octanol–water partition coefficient (Wildman–Crippen LogP) is 3.64. The van der Waals surface area contributed by atoms with Crippen molar-refractivity contribution in [2.24, 2.45) is 0 Å². The summed E-state index contributed by atoms with van der Waals surface area (Å²) in [6, 6.07) is 9.97. The van der Waals surface area contributed by atoms with Crippen molar-refractivity contribution in [2.45, 2.75) is 38.3 Å². The molecule has 26 heavy (non-hydrogen) atoms. The Bertz CT molecular complexity index is 824. The molecule has 0 aliphatic carbocycles. The molecule has 0 unspecified atom stereocenters. The summed E-state index contributed by atoms with van der Waals surface area (Å²) in [5, 5.41) is 4.27. The summed E-state index contributed by atoms with van der Waals surface area (Å²) in [4.78, 5) is 15.3. The molecule has 0 radical (unpaired) electrons. The average Bonchev–Trinajstić information content (AvgIpc) is 3.11. The second-order valence-corrected chi connectivity index (χ2v) is 6.76. The Kier molecular flexibility index (Phi) is 4.86. The molecule has 3 heterocycles. The van der Waals surface area contributed by atoms with Crippen molar-refractivity contribution in [3.05, 3.63) is 66.2 Å². The second-order valence-electron chi connectivity index (χ2n) is 6.76. The molecule has 0 saturated carbocycles. The van der Waals surface area contributed by atoms with Crippen LogP contribution < -0.4 is 4.74 Å². The van der Waals surface area contributed by atoms with E-state index in [-0.39, 0.29) is 11.9 Å². The summed E-state index contributed by atoms with van der Waals surface area (Å²) < 4.78 is 7.56. The lowest BCUT2D eigenvalue weighted by atomic mass is 9.97. The summed E-state index contributed by atoms with van der Waals surface area (Å²) in [5.74, 6) is 0.868. The van der Waals surface area contributed by atoms with Gasteiger partial charge in [-0.05, 0) is 50.0 Å². The van der Waals surface area contributed by atoms with Gasteiger partial charge >= 0.3 is 0 Å². The molecule has 5 nitrogen and oxygen atoms in total. The van der Waals surface area contributed by atoms with Crippen LogP contribution in [0.4, 0.5) is 0 Å². The highest BCUT2D eigenvalue weighted by Gasteiger charge is 2.28. The van der Waals surface area contributed by atoms with Crippen molar-refractivity contribution < 1.29 is 9.53 Å². The van der Waals surface area contributed by atoms with Crippen LogP contribution in [0.25, 0.3) is 6.08 Å². The van der Waals surface area contributed by atoms with Gasteiger partial charge in [-0.2, -0.15) is 5.10 Å². The zero-order valence-electron chi connectivity index (χ0n) is 14.8. The molecule has 5 heteroatoms. The molecule has 4 rings (SSSR count). The van der Waals surface area contributed by atoms with Crippen LogP contribution >= 0.6 is 0 Å². The highest BCUT2D eigenvalue weighted by molar-refractivity contribution is 6.01. The average molecular weight is 349 g/mol. The predicted molar refractivity (Wildman–Crippen MR) is 100 cm³/mol. The molecule has 134 valence electrons. The molecule has 0 N–H and O–H groups in total. The number of rotatable bonds is 4. The van der Waals surface area contributed by atoms with Crippen LogP contribution in [-0.4, -0.2) is 33.2 Å². The number of hydrogen-bond acceptors (Lipinski definition) is 3. The highest BCUT2D eigenvalue weighted by atomic mass is 16.5. The number of fused-ring (bicyclic) bond motifs is 1. The molecule has 0 bridgehead atoms. The number of hydrogen-bond donors (Lipinski definition) is 0. The summed E-state index contributed by atoms with van der Waals surface area (Å²) in [6.45, 7) is 1.65. The molecule has 1 fully saturated rings. The Hall–Kier alpha value is -2.82. The van der Waals surface area contributed by atoms with Gasteiger partial charge in [0.05, 0.1) is 6.26 Å². The number of nitrogens with zero attached hydrogens (tertiary/aromatic N) is 3. The van der Waals surface area contributed by atoms with E-state index in [1.54, 1.807) is 18.5 Å². The van der Waals surface area contributed by atoms with E-state index in [4.69, 9.17) is 4.74 Å². The molecule has 1 aromatic heterocycles. The number of piperidine rings is 1. The first-order valence-electron chi connectivity index (χ1n) is 9.23. The van der Waals surface area contributed by atoms with Crippen LogP contribution in [0.3, 0.4) is 0 Å². The molecule has 0 spiro atoms. The van der Waals surface area contributed by atoms with Gasteiger partial charge in [0.1, 0.15) is 5.75 Å². The van der Waals surface area contributed by atoms with Crippen molar-refractivity contribution >= 4 is 12.0 Å². The van der Waals surface area contributed by atoms with Gasteiger partial charge in [0.15, 0.2) is 0 Å². The largest absolute Gasteiger partial charge is 0.464 e. The summed E-state index contributed by atoms with van der Waals surface area (Å²) in [5.41, 5.74) is 1.62. The molecule has 2 aliphatic heterocycles. The number of para-hydroxylation sites is 1. The van der Waals surface area contributed by atoms with Crippen molar-refractivity contribution in [3.63, 3.8) is 0 Å². The third-order valence-corrected chi connectivity index (χ3v) is 5.06. The van der Waals surface area contributed by atoms with E-state index < -0.39 is 0 Å². The van der Waals surface area contributed by atoms with E-state index in [0.717, 1.165) is 43.7 Å². The van der Waals surface area contributed by atoms with E-state index in [2.05, 4.69) is 5.10 Å². The maximum absolute atomic E-state index is 13.2. The van der Waals surface area contributed by atoms with E-state index in [1.807, 2.05) is 52.2 Å². The number of carbonyl (C=O) groups excluding carboxylic acids is 1. The number of carbonyl (C=O) groups is 1. The molecular weight excluding hydrogens is 326 g/mol. The number of amides is 1. The fraction of sp³-hybridized carbons (Fsp3) is 0.333. The Morgan fingerprint density at radius 1 is 1.23 bits per heavy atom. The number of aryl methyl sites for hydroxylation is 1. The minimum Gasteiger partial charge on any atom is -0.464 e. The normalized spacial score (nSPS) is 19.3. The maximum Gasteiger partial charge on any atom is 0.254 e. The van der Waals surface area contributed by atoms with Crippen molar-refractivity contribution in [2.75, 3.05) is 6.54 Å². The molecule has 1 atom stereocenters. The maximum atomic E-state index is 13.2. The lowest BCUT2D eigenvalue weighted by Crippen LogP contribution is -2.44. The Morgan fingerprint density at radius 3 is 3.04 bits per heavy atom. The molecule has 2 aromatic rings. The lowest BCUT2D eigenvalue weighted by Gasteiger charge is -2.36. The molecule has 1 saturated heterocycles. The number of aromatic nitrogens is 2. The van der Waals surface area contributed by atoms with Crippen LogP contribution in [0.1, 0.15) is 31.2 Å². The van der Waals surface area contributed by atoms with Crippen molar-refractivity contribution in [3.8, 4) is 5.75 Å². The monoisotopic (exact) mass is 349 g/mol. The fourth-order valence-corrected chi connectivity index (χ4v) is 3.68. The van der Waals surface area contributed by atoms with Gasteiger partial charge in [-0.1, -0.05) is 18.2 Å². The topological polar surface area (TPSA) is 47.4 Å². The van der Waals surface area contributed by atoms with Gasteiger partial charge in [0.2, 0.25) is 0 Å². The van der Waals surface area contributed by atoms with Crippen molar-refractivity contribution in [1.29, 1.82) is 0 Å². The molecule has 2 aliphatic rings. The quantitative estimate of drug-likeness (QED) is 0.847. The Labute approximate surface area is 153 Å². The van der Waals surface area contributed by atoms with Gasteiger partial charge < -0.3 is 9.64 Å². The first kappa shape index (κ1) is 16.6. The third-order valence-electron chi connectivity index (χ3n) is 5.06. The van der Waals surface area contributed by atoms with Crippen molar-refractivity contribution in [1.82, 2.24) is 14.7 Å². The summed E-state index contributed by atoms with van der Waals surface area (Å²) >= 11 is 0. The SMILES string of the molecule is O=C(C1=Cc2ccccc2OC=C1)N1CCCC[C@H]1CCn1cccn1. The van der Waals surface area contributed by atoms with E-state index in [0.29, 0.717) is 5.57 Å². The first-order chi connectivity index (χ1) is 12.8. The number of ether oxygens (including phenoxy) is 1. The van der Waals surface area contributed by atoms with E-state index >= 15 is 0 Å². The van der Waals surface area contributed by atoms with Gasteiger partial charge in [-0.15, -0.1) is 0 Å². The third kappa shape index (κ3) is 3.57. The summed E-state index contributed by atoms with van der Waals surface area (Å²) in [7, 11) is 0. The minimum atomic E-state index is 0.0896. The second kappa shape index (κ2) is 7.60. The van der Waals surface area contributed by atoms with Gasteiger partial charge in [-0.3, -0.25) is 9.48 Å². The van der Waals surface area contributed by atoms with Gasteiger partial charge in [0, 0.05) is 42.7 Å². The highest BCUT2D eigenvalue weighted by Crippen LogP contribution is 2.27. The van der Waals surface area contributed by atoms with Crippen LogP contribution in [0.2, 0.25) is 0 Å². The van der Waals surface area contributed by atoms with E-state index in [9.17, 15) is 4.79 Å². The van der Waals surface area contributed by atoms with Crippen LogP contribution in [-0.2, 0) is 11.3 Å². The Morgan fingerprint density at radius 2 is 2.15 bits per heavy atom.